The third-order valence-corrected chi connectivity index (χ3v) is 6.34. The van der Waals surface area contributed by atoms with Crippen LogP contribution in [0.25, 0.3) is 11.5 Å². The number of carbonyl (C=O) groups excluding carboxylic acids is 1. The van der Waals surface area contributed by atoms with Crippen LogP contribution in [0.2, 0.25) is 0 Å². The Labute approximate surface area is 225 Å². The SMILES string of the molecule is CCOC(=O)CCc1ccc(OC(Cc2ccccc2)c2oc(-c3ccc(C(F)(F)F)cc3)nc2C)cc1C. The standard InChI is InChI=1S/C31H30F3NO4/c1-4-37-28(36)17-13-23-12-16-26(18-20(23)2)38-27(19-22-8-6-5-7-9-22)29-21(3)35-30(39-29)24-10-14-25(15-11-24)31(32,33)34/h5-12,14-16,18,27H,4,13,17,19H2,1-3H3. The molecule has 0 radical (unpaired) electrons. The van der Waals surface area contributed by atoms with E-state index in [-0.39, 0.29) is 11.9 Å². The number of carbonyl (C=O) groups is 1. The summed E-state index contributed by atoms with van der Waals surface area (Å²) < 4.78 is 56.5. The molecule has 8 heteroatoms. The predicted molar refractivity (Wildman–Crippen MR) is 141 cm³/mol. The van der Waals surface area contributed by atoms with Gasteiger partial charge in [0.05, 0.1) is 17.9 Å². The fourth-order valence-electron chi connectivity index (χ4n) is 4.30. The van der Waals surface area contributed by atoms with Gasteiger partial charge in [-0.3, -0.25) is 4.79 Å². The van der Waals surface area contributed by atoms with Crippen LogP contribution in [0.5, 0.6) is 5.75 Å². The first-order chi connectivity index (χ1) is 18.6. The molecule has 0 aliphatic rings. The number of aromatic nitrogens is 1. The van der Waals surface area contributed by atoms with E-state index >= 15 is 0 Å². The number of rotatable bonds is 10. The summed E-state index contributed by atoms with van der Waals surface area (Å²) in [7, 11) is 0. The van der Waals surface area contributed by atoms with Crippen LogP contribution in [-0.4, -0.2) is 17.6 Å². The highest BCUT2D eigenvalue weighted by molar-refractivity contribution is 5.69. The molecule has 0 aliphatic heterocycles. The van der Waals surface area contributed by atoms with Gasteiger partial charge in [0.15, 0.2) is 11.9 Å². The first-order valence-electron chi connectivity index (χ1n) is 12.7. The van der Waals surface area contributed by atoms with Gasteiger partial charge in [-0.1, -0.05) is 36.4 Å². The number of esters is 1. The maximum absolute atomic E-state index is 13.0. The maximum atomic E-state index is 13.0. The van der Waals surface area contributed by atoms with Crippen molar-refractivity contribution >= 4 is 5.97 Å². The molecular formula is C31H30F3NO4. The Morgan fingerprint density at radius 2 is 1.72 bits per heavy atom. The largest absolute Gasteiger partial charge is 0.482 e. The van der Waals surface area contributed by atoms with Crippen molar-refractivity contribution in [3.63, 3.8) is 0 Å². The fourth-order valence-corrected chi connectivity index (χ4v) is 4.30. The summed E-state index contributed by atoms with van der Waals surface area (Å²) in [6.45, 7) is 5.89. The number of alkyl halides is 3. The Morgan fingerprint density at radius 3 is 2.36 bits per heavy atom. The number of hydrogen-bond acceptors (Lipinski definition) is 5. The van der Waals surface area contributed by atoms with Crippen molar-refractivity contribution in [1.29, 1.82) is 0 Å². The van der Waals surface area contributed by atoms with Crippen molar-refractivity contribution in [2.45, 2.75) is 52.3 Å². The minimum Gasteiger partial charge on any atom is -0.482 e. The van der Waals surface area contributed by atoms with Gasteiger partial charge in [0.2, 0.25) is 5.89 Å². The number of benzene rings is 3. The van der Waals surface area contributed by atoms with Gasteiger partial charge in [0, 0.05) is 18.4 Å². The van der Waals surface area contributed by atoms with Crippen molar-refractivity contribution in [3.8, 4) is 17.2 Å². The molecule has 0 saturated carbocycles. The summed E-state index contributed by atoms with van der Waals surface area (Å²) in [5.74, 6) is 1.12. The molecule has 5 nitrogen and oxygen atoms in total. The van der Waals surface area contributed by atoms with E-state index < -0.39 is 17.8 Å². The van der Waals surface area contributed by atoms with Crippen LogP contribution >= 0.6 is 0 Å². The zero-order valence-corrected chi connectivity index (χ0v) is 22.0. The summed E-state index contributed by atoms with van der Waals surface area (Å²) in [4.78, 5) is 16.2. The zero-order chi connectivity index (χ0) is 28.0. The van der Waals surface area contributed by atoms with E-state index in [1.165, 1.54) is 12.1 Å². The van der Waals surface area contributed by atoms with Gasteiger partial charge in [-0.25, -0.2) is 4.98 Å². The predicted octanol–water partition coefficient (Wildman–Crippen LogP) is 7.84. The van der Waals surface area contributed by atoms with E-state index in [0.717, 1.165) is 28.8 Å². The lowest BCUT2D eigenvalue weighted by Gasteiger charge is -2.19. The van der Waals surface area contributed by atoms with Gasteiger partial charge in [-0.05, 0) is 80.3 Å². The molecule has 204 valence electrons. The first-order valence-corrected chi connectivity index (χ1v) is 12.7. The third kappa shape index (κ3) is 7.28. The second-order valence-corrected chi connectivity index (χ2v) is 9.23. The molecule has 3 aromatic carbocycles. The summed E-state index contributed by atoms with van der Waals surface area (Å²) >= 11 is 0. The lowest BCUT2D eigenvalue weighted by molar-refractivity contribution is -0.143. The van der Waals surface area contributed by atoms with Crippen LogP contribution in [0.3, 0.4) is 0 Å². The van der Waals surface area contributed by atoms with Crippen molar-refractivity contribution in [1.82, 2.24) is 4.98 Å². The lowest BCUT2D eigenvalue weighted by atomic mass is 10.0. The fraction of sp³-hybridized carbons (Fsp3) is 0.290. The van der Waals surface area contributed by atoms with Crippen LogP contribution in [0.4, 0.5) is 13.2 Å². The molecular weight excluding hydrogens is 507 g/mol. The average molecular weight is 538 g/mol. The molecule has 4 aromatic rings. The average Bonchev–Trinajstić information content (AvgIpc) is 3.29. The lowest BCUT2D eigenvalue weighted by Crippen LogP contribution is -2.12. The van der Waals surface area contributed by atoms with Crippen molar-refractivity contribution in [2.75, 3.05) is 6.61 Å². The molecule has 0 saturated heterocycles. The van der Waals surface area contributed by atoms with Crippen molar-refractivity contribution in [3.05, 3.63) is 107 Å². The Bertz CT molecular complexity index is 1400. The topological polar surface area (TPSA) is 61.6 Å². The molecule has 1 heterocycles. The summed E-state index contributed by atoms with van der Waals surface area (Å²) in [5.41, 5.74) is 3.33. The van der Waals surface area contributed by atoms with Crippen molar-refractivity contribution < 1.29 is 31.9 Å². The number of ether oxygens (including phenoxy) is 2. The second kappa shape index (κ2) is 12.2. The molecule has 1 atom stereocenters. The van der Waals surface area contributed by atoms with Crippen molar-refractivity contribution in [2.24, 2.45) is 0 Å². The molecule has 1 unspecified atom stereocenters. The van der Waals surface area contributed by atoms with Gasteiger partial charge in [0.1, 0.15) is 5.75 Å². The number of aryl methyl sites for hydroxylation is 3. The molecule has 0 aliphatic carbocycles. The first kappa shape index (κ1) is 28.0. The number of halogens is 3. The molecule has 4 rings (SSSR count). The molecule has 0 spiro atoms. The van der Waals surface area contributed by atoms with Gasteiger partial charge in [-0.2, -0.15) is 13.2 Å². The quantitative estimate of drug-likeness (QED) is 0.193. The molecule has 0 amide bonds. The van der Waals surface area contributed by atoms with E-state index in [1.54, 1.807) is 13.8 Å². The number of nitrogens with zero attached hydrogens (tertiary/aromatic N) is 1. The molecule has 39 heavy (non-hydrogen) atoms. The van der Waals surface area contributed by atoms with Crippen LogP contribution in [0.15, 0.2) is 77.2 Å². The summed E-state index contributed by atoms with van der Waals surface area (Å²) in [5, 5.41) is 0. The van der Waals surface area contributed by atoms with Gasteiger partial charge in [-0.15, -0.1) is 0 Å². The Morgan fingerprint density at radius 1 is 1.00 bits per heavy atom. The Kier molecular flexibility index (Phi) is 8.74. The summed E-state index contributed by atoms with van der Waals surface area (Å²) in [6, 6.07) is 20.2. The van der Waals surface area contributed by atoms with E-state index in [1.807, 2.05) is 55.5 Å². The number of oxazole rings is 1. The van der Waals surface area contributed by atoms with Crippen LogP contribution in [0.1, 0.15) is 53.2 Å². The molecule has 0 bridgehead atoms. The highest BCUT2D eigenvalue weighted by Crippen LogP contribution is 2.34. The molecule has 0 N–H and O–H groups in total. The van der Waals surface area contributed by atoms with Gasteiger partial charge < -0.3 is 13.9 Å². The molecule has 0 fully saturated rings. The van der Waals surface area contributed by atoms with Gasteiger partial charge in [0.25, 0.3) is 0 Å². The third-order valence-electron chi connectivity index (χ3n) is 6.34. The van der Waals surface area contributed by atoms with E-state index in [2.05, 4.69) is 4.98 Å². The van der Waals surface area contributed by atoms with Crippen LogP contribution in [0, 0.1) is 13.8 Å². The minimum atomic E-state index is -4.42. The molecule has 1 aromatic heterocycles. The van der Waals surface area contributed by atoms with Crippen LogP contribution in [-0.2, 0) is 28.5 Å². The second-order valence-electron chi connectivity index (χ2n) is 9.23. The maximum Gasteiger partial charge on any atom is 0.416 e. The number of hydrogen-bond donors (Lipinski definition) is 0. The smallest absolute Gasteiger partial charge is 0.416 e. The van der Waals surface area contributed by atoms with E-state index in [0.29, 0.717) is 48.6 Å². The van der Waals surface area contributed by atoms with E-state index in [9.17, 15) is 18.0 Å². The highest BCUT2D eigenvalue weighted by Gasteiger charge is 2.30. The van der Waals surface area contributed by atoms with Gasteiger partial charge >= 0.3 is 12.1 Å². The van der Waals surface area contributed by atoms with E-state index in [4.69, 9.17) is 13.9 Å². The Balaban J connectivity index is 1.59. The highest BCUT2D eigenvalue weighted by atomic mass is 19.4. The van der Waals surface area contributed by atoms with Crippen LogP contribution < -0.4 is 4.74 Å². The Hall–Kier alpha value is -4.07. The zero-order valence-electron chi connectivity index (χ0n) is 22.0. The summed E-state index contributed by atoms with van der Waals surface area (Å²) in [6.07, 6.45) is -3.59. The normalized spacial score (nSPS) is 12.3. The monoisotopic (exact) mass is 537 g/mol. The minimum absolute atomic E-state index is 0.225.